The molecule has 0 saturated carbocycles. The van der Waals surface area contributed by atoms with Gasteiger partial charge in [-0.2, -0.15) is 0 Å². The van der Waals surface area contributed by atoms with E-state index in [9.17, 15) is 14.4 Å². The Morgan fingerprint density at radius 3 is 3.00 bits per heavy atom. The van der Waals surface area contributed by atoms with Crippen LogP contribution in [0.3, 0.4) is 0 Å². The molecule has 1 aromatic rings. The molecule has 3 N–H and O–H groups in total. The molecule has 2 rings (SSSR count). The predicted molar refractivity (Wildman–Crippen MR) is 74.5 cm³/mol. The molecule has 1 aliphatic heterocycles. The minimum atomic E-state index is -1.06. The fourth-order valence-electron chi connectivity index (χ4n) is 1.92. The number of aliphatic carboxylic acids is 1. The van der Waals surface area contributed by atoms with Crippen molar-refractivity contribution >= 4 is 35.2 Å². The first-order valence-corrected chi connectivity index (χ1v) is 7.00. The highest BCUT2D eigenvalue weighted by Crippen LogP contribution is 2.18. The first-order chi connectivity index (χ1) is 9.56. The monoisotopic (exact) mass is 294 g/mol. The quantitative estimate of drug-likeness (QED) is 0.702. The van der Waals surface area contributed by atoms with Gasteiger partial charge in [-0.05, 0) is 29.5 Å². The highest BCUT2D eigenvalue weighted by molar-refractivity contribution is 7.12. The van der Waals surface area contributed by atoms with Crippen molar-refractivity contribution in [1.82, 2.24) is 10.6 Å². The molecule has 2 amide bonds. The predicted octanol–water partition coefficient (Wildman–Crippen LogP) is 0.854. The van der Waals surface area contributed by atoms with Crippen LogP contribution in [0, 0.1) is 0 Å². The zero-order valence-electron chi connectivity index (χ0n) is 10.6. The van der Waals surface area contributed by atoms with Crippen molar-refractivity contribution in [3.8, 4) is 0 Å². The van der Waals surface area contributed by atoms with Gasteiger partial charge < -0.3 is 15.7 Å². The van der Waals surface area contributed by atoms with Gasteiger partial charge in [-0.25, -0.2) is 4.79 Å². The lowest BCUT2D eigenvalue weighted by molar-refractivity contribution is -0.131. The molecule has 0 spiro atoms. The number of carbonyl (C=O) groups excluding carboxylic acids is 2. The summed E-state index contributed by atoms with van der Waals surface area (Å²) in [6.45, 7) is 0.380. The summed E-state index contributed by atoms with van der Waals surface area (Å²) in [6.07, 6.45) is 3.60. The number of hydrogen-bond donors (Lipinski definition) is 3. The summed E-state index contributed by atoms with van der Waals surface area (Å²) in [7, 11) is 0. The largest absolute Gasteiger partial charge is 0.478 e. The third kappa shape index (κ3) is 3.67. The second-order valence-electron chi connectivity index (χ2n) is 4.39. The van der Waals surface area contributed by atoms with Crippen molar-refractivity contribution in [2.75, 3.05) is 6.54 Å². The number of carboxylic acid groups (broad SMARTS) is 1. The lowest BCUT2D eigenvalue weighted by Crippen LogP contribution is -2.38. The molecule has 1 aliphatic rings. The highest BCUT2D eigenvalue weighted by atomic mass is 32.1. The maximum atomic E-state index is 12.0. The van der Waals surface area contributed by atoms with Crippen LogP contribution in [0.25, 0.3) is 6.08 Å². The smallest absolute Gasteiger partial charge is 0.328 e. The van der Waals surface area contributed by atoms with Crippen LogP contribution in [-0.4, -0.2) is 35.5 Å². The molecule has 1 atom stereocenters. The zero-order valence-corrected chi connectivity index (χ0v) is 11.4. The van der Waals surface area contributed by atoms with E-state index in [-0.39, 0.29) is 17.9 Å². The summed E-state index contributed by atoms with van der Waals surface area (Å²) in [5.41, 5.74) is 0.574. The third-order valence-corrected chi connectivity index (χ3v) is 3.83. The average molecular weight is 294 g/mol. The van der Waals surface area contributed by atoms with Crippen molar-refractivity contribution in [2.24, 2.45) is 0 Å². The summed E-state index contributed by atoms with van der Waals surface area (Å²) in [6, 6.07) is 1.67. The molecule has 1 fully saturated rings. The Balaban J connectivity index is 1.94. The summed E-state index contributed by atoms with van der Waals surface area (Å²) in [5.74, 6) is -1.31. The van der Waals surface area contributed by atoms with Crippen molar-refractivity contribution < 1.29 is 19.5 Å². The van der Waals surface area contributed by atoms with Gasteiger partial charge in [-0.1, -0.05) is 0 Å². The molecule has 0 bridgehead atoms. The van der Waals surface area contributed by atoms with Crippen LogP contribution in [0.2, 0.25) is 0 Å². The van der Waals surface area contributed by atoms with Crippen molar-refractivity contribution in [2.45, 2.75) is 18.9 Å². The first-order valence-electron chi connectivity index (χ1n) is 6.12. The number of carbonyl (C=O) groups is 3. The van der Waals surface area contributed by atoms with E-state index in [0.29, 0.717) is 23.4 Å². The minimum absolute atomic E-state index is 0.00505. The van der Waals surface area contributed by atoms with Crippen LogP contribution >= 0.6 is 11.3 Å². The van der Waals surface area contributed by atoms with E-state index < -0.39 is 5.97 Å². The maximum absolute atomic E-state index is 12.0. The molecular weight excluding hydrogens is 280 g/mol. The Morgan fingerprint density at radius 2 is 2.35 bits per heavy atom. The second-order valence-corrected chi connectivity index (χ2v) is 5.31. The zero-order chi connectivity index (χ0) is 14.5. The van der Waals surface area contributed by atoms with E-state index in [1.54, 1.807) is 11.4 Å². The lowest BCUT2D eigenvalue weighted by atomic mass is 10.2. The molecule has 2 heterocycles. The Kier molecular flexibility index (Phi) is 4.52. The van der Waals surface area contributed by atoms with Crippen molar-refractivity contribution in [1.29, 1.82) is 0 Å². The Morgan fingerprint density at radius 1 is 1.55 bits per heavy atom. The Hall–Kier alpha value is -2.15. The van der Waals surface area contributed by atoms with Crippen LogP contribution in [0.1, 0.15) is 28.1 Å². The summed E-state index contributed by atoms with van der Waals surface area (Å²) >= 11 is 1.25. The number of rotatable bonds is 5. The van der Waals surface area contributed by atoms with E-state index >= 15 is 0 Å². The molecule has 1 unspecified atom stereocenters. The number of hydrogen-bond acceptors (Lipinski definition) is 4. The molecule has 0 radical (unpaired) electrons. The molecular formula is C13H14N2O4S. The fourth-order valence-corrected chi connectivity index (χ4v) is 2.72. The average Bonchev–Trinajstić information content (AvgIpc) is 3.02. The van der Waals surface area contributed by atoms with Gasteiger partial charge in [-0.15, -0.1) is 11.3 Å². The van der Waals surface area contributed by atoms with E-state index in [0.717, 1.165) is 12.5 Å². The van der Waals surface area contributed by atoms with Crippen LogP contribution in [0.4, 0.5) is 0 Å². The molecule has 20 heavy (non-hydrogen) atoms. The second kappa shape index (κ2) is 6.33. The number of thiophene rings is 1. The number of amides is 2. The Bertz CT molecular complexity index is 564. The SMILES string of the molecule is O=C(O)C=Cc1ccsc1C(=O)NCC1CCC(=O)N1. The normalized spacial score (nSPS) is 18.2. The standard InChI is InChI=1S/C13H14N2O4S/c16-10-3-2-9(15-10)7-14-13(19)12-8(5-6-20-12)1-4-11(17)18/h1,4-6,9H,2-3,7H2,(H,14,19)(H,15,16)(H,17,18). The Labute approximate surface area is 119 Å². The van der Waals surface area contributed by atoms with Gasteiger partial charge >= 0.3 is 5.97 Å². The fraction of sp³-hybridized carbons (Fsp3) is 0.308. The summed E-state index contributed by atoms with van der Waals surface area (Å²) in [5, 5.41) is 15.8. The van der Waals surface area contributed by atoms with Crippen LogP contribution in [0.5, 0.6) is 0 Å². The van der Waals surface area contributed by atoms with E-state index in [1.165, 1.54) is 17.4 Å². The van der Waals surface area contributed by atoms with E-state index in [2.05, 4.69) is 10.6 Å². The molecule has 7 heteroatoms. The van der Waals surface area contributed by atoms with Gasteiger partial charge in [0.05, 0.1) is 4.88 Å². The number of nitrogens with one attached hydrogen (secondary N) is 2. The van der Waals surface area contributed by atoms with Gasteiger partial charge in [0.15, 0.2) is 0 Å². The van der Waals surface area contributed by atoms with Crippen LogP contribution < -0.4 is 10.6 Å². The minimum Gasteiger partial charge on any atom is -0.478 e. The van der Waals surface area contributed by atoms with Gasteiger partial charge in [-0.3, -0.25) is 9.59 Å². The molecule has 106 valence electrons. The molecule has 6 nitrogen and oxygen atoms in total. The summed E-state index contributed by atoms with van der Waals surface area (Å²) < 4.78 is 0. The first kappa shape index (κ1) is 14.3. The van der Waals surface area contributed by atoms with E-state index in [1.807, 2.05) is 0 Å². The van der Waals surface area contributed by atoms with Crippen molar-refractivity contribution in [3.05, 3.63) is 28.0 Å². The van der Waals surface area contributed by atoms with Gasteiger partial charge in [0, 0.05) is 25.1 Å². The molecule has 1 aromatic heterocycles. The van der Waals surface area contributed by atoms with Crippen molar-refractivity contribution in [3.63, 3.8) is 0 Å². The van der Waals surface area contributed by atoms with E-state index in [4.69, 9.17) is 5.11 Å². The third-order valence-electron chi connectivity index (χ3n) is 2.90. The molecule has 0 aliphatic carbocycles. The molecule has 1 saturated heterocycles. The lowest BCUT2D eigenvalue weighted by Gasteiger charge is -2.10. The van der Waals surface area contributed by atoms with Crippen LogP contribution in [0.15, 0.2) is 17.5 Å². The highest BCUT2D eigenvalue weighted by Gasteiger charge is 2.21. The van der Waals surface area contributed by atoms with Gasteiger partial charge in [0.25, 0.3) is 5.91 Å². The van der Waals surface area contributed by atoms with Crippen LogP contribution in [-0.2, 0) is 9.59 Å². The van der Waals surface area contributed by atoms with Gasteiger partial charge in [0.1, 0.15) is 0 Å². The summed E-state index contributed by atoms with van der Waals surface area (Å²) in [4.78, 5) is 34.0. The maximum Gasteiger partial charge on any atom is 0.328 e. The topological polar surface area (TPSA) is 95.5 Å². The molecule has 0 aromatic carbocycles. The van der Waals surface area contributed by atoms with Gasteiger partial charge in [0.2, 0.25) is 5.91 Å². The number of carboxylic acids is 1.